The molecular weight excluding hydrogens is 232 g/mol. The third kappa shape index (κ3) is 2.98. The van der Waals surface area contributed by atoms with Crippen molar-refractivity contribution in [2.45, 2.75) is 38.8 Å². The number of nitrogens with zero attached hydrogens (tertiary/aromatic N) is 2. The lowest BCUT2D eigenvalue weighted by molar-refractivity contribution is -0.138. The summed E-state index contributed by atoms with van der Waals surface area (Å²) in [5, 5.41) is 18.6. The maximum atomic E-state index is 10.8. The maximum Gasteiger partial charge on any atom is 0.304 e. The van der Waals surface area contributed by atoms with Crippen LogP contribution in [-0.4, -0.2) is 38.7 Å². The van der Waals surface area contributed by atoms with Crippen molar-refractivity contribution < 1.29 is 15.0 Å². The Morgan fingerprint density at radius 1 is 1.56 bits per heavy atom. The number of rotatable bonds is 4. The number of aromatic hydroxyl groups is 1. The summed E-state index contributed by atoms with van der Waals surface area (Å²) in [7, 11) is 0. The summed E-state index contributed by atoms with van der Waals surface area (Å²) in [6, 6.07) is 3.46. The molecule has 0 saturated carbocycles. The second-order valence-corrected chi connectivity index (χ2v) is 4.78. The van der Waals surface area contributed by atoms with E-state index in [-0.39, 0.29) is 18.2 Å². The quantitative estimate of drug-likeness (QED) is 0.847. The van der Waals surface area contributed by atoms with Crippen LogP contribution >= 0.6 is 0 Å². The average molecular weight is 250 g/mol. The summed E-state index contributed by atoms with van der Waals surface area (Å²) in [5.41, 5.74) is 1.49. The second kappa shape index (κ2) is 5.35. The van der Waals surface area contributed by atoms with Crippen LogP contribution in [-0.2, 0) is 11.3 Å². The van der Waals surface area contributed by atoms with Gasteiger partial charge in [-0.1, -0.05) is 0 Å². The summed E-state index contributed by atoms with van der Waals surface area (Å²) in [6.45, 7) is 3.26. The Hall–Kier alpha value is -1.62. The van der Waals surface area contributed by atoms with Crippen molar-refractivity contribution in [3.63, 3.8) is 0 Å². The van der Waals surface area contributed by atoms with Crippen LogP contribution in [0.15, 0.2) is 12.1 Å². The fourth-order valence-electron chi connectivity index (χ4n) is 2.45. The minimum absolute atomic E-state index is 0.0595. The number of pyridine rings is 1. The Morgan fingerprint density at radius 3 is 3.06 bits per heavy atom. The lowest BCUT2D eigenvalue weighted by Gasteiger charge is -2.23. The lowest BCUT2D eigenvalue weighted by atomic mass is 10.1. The molecule has 1 aliphatic rings. The van der Waals surface area contributed by atoms with E-state index in [4.69, 9.17) is 5.11 Å². The van der Waals surface area contributed by atoms with E-state index >= 15 is 0 Å². The Kier molecular flexibility index (Phi) is 3.81. The average Bonchev–Trinajstić information content (AvgIpc) is 2.70. The molecule has 5 heteroatoms. The first-order valence-corrected chi connectivity index (χ1v) is 6.17. The van der Waals surface area contributed by atoms with E-state index in [9.17, 15) is 9.90 Å². The largest absolute Gasteiger partial charge is 0.506 e. The molecule has 0 spiro atoms. The van der Waals surface area contributed by atoms with E-state index in [0.29, 0.717) is 12.2 Å². The summed E-state index contributed by atoms with van der Waals surface area (Å²) in [6.07, 6.45) is 2.07. The van der Waals surface area contributed by atoms with Crippen LogP contribution in [0.1, 0.15) is 30.7 Å². The van der Waals surface area contributed by atoms with E-state index in [1.807, 2.05) is 6.92 Å². The van der Waals surface area contributed by atoms with Gasteiger partial charge < -0.3 is 10.2 Å². The van der Waals surface area contributed by atoms with Crippen molar-refractivity contribution in [2.24, 2.45) is 0 Å². The van der Waals surface area contributed by atoms with Crippen LogP contribution < -0.4 is 0 Å². The summed E-state index contributed by atoms with van der Waals surface area (Å²) < 4.78 is 0. The van der Waals surface area contributed by atoms with Gasteiger partial charge in [-0.25, -0.2) is 0 Å². The van der Waals surface area contributed by atoms with Crippen molar-refractivity contribution in [3.8, 4) is 5.75 Å². The molecule has 0 bridgehead atoms. The Labute approximate surface area is 106 Å². The number of carbonyl (C=O) groups is 1. The van der Waals surface area contributed by atoms with Gasteiger partial charge in [0.05, 0.1) is 12.1 Å². The van der Waals surface area contributed by atoms with Gasteiger partial charge in [-0.3, -0.25) is 14.7 Å². The summed E-state index contributed by atoms with van der Waals surface area (Å²) in [4.78, 5) is 17.2. The van der Waals surface area contributed by atoms with Crippen LogP contribution in [0, 0.1) is 6.92 Å². The highest BCUT2D eigenvalue weighted by molar-refractivity contribution is 5.67. The molecule has 0 radical (unpaired) electrons. The minimum atomic E-state index is -0.770. The van der Waals surface area contributed by atoms with E-state index in [2.05, 4.69) is 9.88 Å². The fraction of sp³-hybridized carbons (Fsp3) is 0.538. The maximum absolute atomic E-state index is 10.8. The van der Waals surface area contributed by atoms with Crippen LogP contribution in [0.3, 0.4) is 0 Å². The molecule has 0 aliphatic carbocycles. The smallest absolute Gasteiger partial charge is 0.304 e. The van der Waals surface area contributed by atoms with Gasteiger partial charge in [-0.05, 0) is 38.4 Å². The van der Waals surface area contributed by atoms with Gasteiger partial charge in [-0.15, -0.1) is 0 Å². The van der Waals surface area contributed by atoms with Gasteiger partial charge in [0.1, 0.15) is 5.75 Å². The van der Waals surface area contributed by atoms with E-state index < -0.39 is 5.97 Å². The van der Waals surface area contributed by atoms with Gasteiger partial charge in [0.2, 0.25) is 0 Å². The lowest BCUT2D eigenvalue weighted by Crippen LogP contribution is -2.31. The second-order valence-electron chi connectivity index (χ2n) is 4.78. The van der Waals surface area contributed by atoms with E-state index in [0.717, 1.165) is 25.1 Å². The predicted molar refractivity (Wildman–Crippen MR) is 66.3 cm³/mol. The SMILES string of the molecule is Cc1ccc(O)c(CN2CCCC2CC(=O)O)n1. The standard InChI is InChI=1S/C13H18N2O3/c1-9-4-5-12(16)11(14-9)8-15-6-2-3-10(15)7-13(17)18/h4-5,10,16H,2-3,6-8H2,1H3,(H,17,18). The first-order chi connectivity index (χ1) is 8.56. The number of hydrogen-bond acceptors (Lipinski definition) is 4. The highest BCUT2D eigenvalue weighted by Gasteiger charge is 2.27. The van der Waals surface area contributed by atoms with Gasteiger partial charge in [0, 0.05) is 18.3 Å². The molecule has 2 N–H and O–H groups in total. The molecule has 5 nitrogen and oxygen atoms in total. The molecule has 1 unspecified atom stereocenters. The first kappa shape index (κ1) is 12.8. The Bertz CT molecular complexity index is 448. The van der Waals surface area contributed by atoms with E-state index in [1.54, 1.807) is 12.1 Å². The third-order valence-electron chi connectivity index (χ3n) is 3.35. The molecule has 1 atom stereocenters. The van der Waals surface area contributed by atoms with Gasteiger partial charge in [-0.2, -0.15) is 0 Å². The summed E-state index contributed by atoms with van der Waals surface area (Å²) >= 11 is 0. The topological polar surface area (TPSA) is 73.7 Å². The molecule has 1 aromatic heterocycles. The number of hydrogen-bond donors (Lipinski definition) is 2. The molecule has 1 saturated heterocycles. The predicted octanol–water partition coefficient (Wildman–Crippen LogP) is 1.53. The van der Waals surface area contributed by atoms with Crippen LogP contribution in [0.2, 0.25) is 0 Å². The molecule has 1 aromatic rings. The zero-order valence-electron chi connectivity index (χ0n) is 10.5. The van der Waals surface area contributed by atoms with Crippen molar-refractivity contribution in [2.75, 3.05) is 6.54 Å². The van der Waals surface area contributed by atoms with Crippen LogP contribution in [0.5, 0.6) is 5.75 Å². The van der Waals surface area contributed by atoms with Crippen molar-refractivity contribution in [1.29, 1.82) is 0 Å². The number of aliphatic carboxylic acids is 1. The van der Waals surface area contributed by atoms with Crippen LogP contribution in [0.25, 0.3) is 0 Å². The fourth-order valence-corrected chi connectivity index (χ4v) is 2.45. The Balaban J connectivity index is 2.08. The highest BCUT2D eigenvalue weighted by atomic mass is 16.4. The number of aromatic nitrogens is 1. The molecule has 18 heavy (non-hydrogen) atoms. The third-order valence-corrected chi connectivity index (χ3v) is 3.35. The molecule has 0 aromatic carbocycles. The van der Waals surface area contributed by atoms with Gasteiger partial charge in [0.25, 0.3) is 0 Å². The van der Waals surface area contributed by atoms with Crippen LogP contribution in [0.4, 0.5) is 0 Å². The molecule has 0 amide bonds. The molecule has 1 fully saturated rings. The molecule has 2 rings (SSSR count). The van der Waals surface area contributed by atoms with Gasteiger partial charge >= 0.3 is 5.97 Å². The first-order valence-electron chi connectivity index (χ1n) is 6.17. The van der Waals surface area contributed by atoms with Crippen molar-refractivity contribution in [3.05, 3.63) is 23.5 Å². The molecule has 1 aliphatic heterocycles. The van der Waals surface area contributed by atoms with Crippen molar-refractivity contribution in [1.82, 2.24) is 9.88 Å². The zero-order chi connectivity index (χ0) is 13.1. The highest BCUT2D eigenvalue weighted by Crippen LogP contribution is 2.25. The number of aryl methyl sites for hydroxylation is 1. The number of carboxylic acids is 1. The zero-order valence-corrected chi connectivity index (χ0v) is 10.5. The van der Waals surface area contributed by atoms with E-state index in [1.165, 1.54) is 0 Å². The normalized spacial score (nSPS) is 20.2. The Morgan fingerprint density at radius 2 is 2.33 bits per heavy atom. The molecule has 98 valence electrons. The number of likely N-dealkylation sites (tertiary alicyclic amines) is 1. The number of carboxylic acid groups (broad SMARTS) is 1. The molecular formula is C13H18N2O3. The summed E-state index contributed by atoms with van der Waals surface area (Å²) in [5.74, 6) is -0.588. The molecule has 2 heterocycles. The minimum Gasteiger partial charge on any atom is -0.506 e. The van der Waals surface area contributed by atoms with Crippen molar-refractivity contribution >= 4 is 5.97 Å². The monoisotopic (exact) mass is 250 g/mol. The van der Waals surface area contributed by atoms with Gasteiger partial charge in [0.15, 0.2) is 0 Å².